The van der Waals surface area contributed by atoms with Gasteiger partial charge in [0, 0.05) is 31.9 Å². The fourth-order valence-corrected chi connectivity index (χ4v) is 2.92. The molecular weight excluding hydrogens is 313 g/mol. The summed E-state index contributed by atoms with van der Waals surface area (Å²) >= 11 is 5.42. The summed E-state index contributed by atoms with van der Waals surface area (Å²) in [5.41, 5.74) is 1.63. The summed E-state index contributed by atoms with van der Waals surface area (Å²) in [6, 6.07) is 13.5. The maximum absolute atomic E-state index is 12.9. The fraction of sp³-hybridized carbons (Fsp3) is 0.235. The van der Waals surface area contributed by atoms with E-state index in [1.807, 2.05) is 18.2 Å². The number of nitrogens with zero attached hydrogens (tertiary/aromatic N) is 2. The molecule has 23 heavy (non-hydrogen) atoms. The van der Waals surface area contributed by atoms with Gasteiger partial charge in [0.1, 0.15) is 11.6 Å². The number of phenols is 1. The zero-order chi connectivity index (χ0) is 16.2. The number of hydrogen-bond donors (Lipinski definition) is 2. The van der Waals surface area contributed by atoms with Gasteiger partial charge in [-0.25, -0.2) is 4.39 Å². The number of phenolic OH excluding ortho intramolecular Hbond substituents is 1. The lowest BCUT2D eigenvalue weighted by atomic mass is 10.2. The lowest BCUT2D eigenvalue weighted by Crippen LogP contribution is -2.50. The predicted octanol–water partition coefficient (Wildman–Crippen LogP) is 3.05. The van der Waals surface area contributed by atoms with Crippen LogP contribution in [0.2, 0.25) is 0 Å². The number of halogens is 1. The van der Waals surface area contributed by atoms with Gasteiger partial charge in [0.05, 0.1) is 5.69 Å². The number of piperazine rings is 1. The van der Waals surface area contributed by atoms with Crippen LogP contribution in [-0.4, -0.2) is 41.3 Å². The molecule has 1 aliphatic heterocycles. The second kappa shape index (κ2) is 6.83. The Balaban J connectivity index is 1.57. The van der Waals surface area contributed by atoms with E-state index in [0.29, 0.717) is 10.9 Å². The first-order valence-electron chi connectivity index (χ1n) is 7.48. The molecule has 2 N–H and O–H groups in total. The van der Waals surface area contributed by atoms with Gasteiger partial charge < -0.3 is 20.2 Å². The highest BCUT2D eigenvalue weighted by Gasteiger charge is 2.20. The molecule has 0 amide bonds. The largest absolute Gasteiger partial charge is 0.506 e. The maximum Gasteiger partial charge on any atom is 0.173 e. The number of rotatable bonds is 2. The summed E-state index contributed by atoms with van der Waals surface area (Å²) in [4.78, 5) is 4.22. The molecule has 0 spiro atoms. The standard InChI is InChI=1S/C17H18FN3OS/c18-13-5-7-14(8-6-13)19-17(23)21-11-9-20(10-12-21)15-3-1-2-4-16(15)22/h1-8,22H,9-12H2,(H,19,23). The van der Waals surface area contributed by atoms with Crippen LogP contribution in [0.3, 0.4) is 0 Å². The Labute approximate surface area is 140 Å². The van der Waals surface area contributed by atoms with Crippen LogP contribution in [0.25, 0.3) is 0 Å². The monoisotopic (exact) mass is 331 g/mol. The van der Waals surface area contributed by atoms with Gasteiger partial charge in [-0.1, -0.05) is 12.1 Å². The molecule has 3 rings (SSSR count). The molecule has 1 heterocycles. The molecular formula is C17H18FN3OS. The third-order valence-electron chi connectivity index (χ3n) is 3.88. The highest BCUT2D eigenvalue weighted by atomic mass is 32.1. The third kappa shape index (κ3) is 3.71. The highest BCUT2D eigenvalue weighted by molar-refractivity contribution is 7.80. The van der Waals surface area contributed by atoms with E-state index in [1.54, 1.807) is 18.2 Å². The molecule has 120 valence electrons. The minimum absolute atomic E-state index is 0.266. The van der Waals surface area contributed by atoms with Crippen LogP contribution >= 0.6 is 12.2 Å². The smallest absolute Gasteiger partial charge is 0.173 e. The Hall–Kier alpha value is -2.34. The highest BCUT2D eigenvalue weighted by Crippen LogP contribution is 2.27. The minimum atomic E-state index is -0.266. The second-order valence-corrected chi connectivity index (χ2v) is 5.79. The molecule has 0 radical (unpaired) electrons. The molecule has 4 nitrogen and oxygen atoms in total. The van der Waals surface area contributed by atoms with Crippen LogP contribution in [0.4, 0.5) is 15.8 Å². The summed E-state index contributed by atoms with van der Waals surface area (Å²) < 4.78 is 12.9. The van der Waals surface area contributed by atoms with Crippen molar-refractivity contribution in [2.45, 2.75) is 0 Å². The topological polar surface area (TPSA) is 38.7 Å². The zero-order valence-electron chi connectivity index (χ0n) is 12.6. The summed E-state index contributed by atoms with van der Waals surface area (Å²) in [7, 11) is 0. The van der Waals surface area contributed by atoms with E-state index in [4.69, 9.17) is 12.2 Å². The molecule has 0 aliphatic carbocycles. The second-order valence-electron chi connectivity index (χ2n) is 5.40. The molecule has 1 fully saturated rings. The first-order valence-corrected chi connectivity index (χ1v) is 7.89. The van der Waals surface area contributed by atoms with Crippen molar-refractivity contribution in [3.63, 3.8) is 0 Å². The first-order chi connectivity index (χ1) is 11.1. The summed E-state index contributed by atoms with van der Waals surface area (Å²) in [6.07, 6.45) is 0. The number of benzene rings is 2. The summed E-state index contributed by atoms with van der Waals surface area (Å²) in [5, 5.41) is 13.7. The van der Waals surface area contributed by atoms with E-state index in [0.717, 1.165) is 37.6 Å². The third-order valence-corrected chi connectivity index (χ3v) is 4.25. The minimum Gasteiger partial charge on any atom is -0.506 e. The van der Waals surface area contributed by atoms with Gasteiger partial charge in [-0.2, -0.15) is 0 Å². The number of anilines is 2. The van der Waals surface area contributed by atoms with Crippen molar-refractivity contribution in [1.82, 2.24) is 4.90 Å². The molecule has 0 bridgehead atoms. The van der Waals surface area contributed by atoms with Crippen molar-refractivity contribution in [2.75, 3.05) is 36.4 Å². The molecule has 0 atom stereocenters. The van der Waals surface area contributed by atoms with Crippen LogP contribution in [0.1, 0.15) is 0 Å². The lowest BCUT2D eigenvalue weighted by Gasteiger charge is -2.37. The van der Waals surface area contributed by atoms with Crippen molar-refractivity contribution in [3.8, 4) is 5.75 Å². The number of hydrogen-bond acceptors (Lipinski definition) is 3. The van der Waals surface area contributed by atoms with E-state index < -0.39 is 0 Å². The summed E-state index contributed by atoms with van der Waals surface area (Å²) in [6.45, 7) is 3.09. The fourth-order valence-electron chi connectivity index (χ4n) is 2.62. The predicted molar refractivity (Wildman–Crippen MR) is 94.5 cm³/mol. The molecule has 0 unspecified atom stereocenters. The molecule has 1 aliphatic rings. The van der Waals surface area contributed by atoms with Crippen LogP contribution < -0.4 is 10.2 Å². The number of thiocarbonyl (C=S) groups is 1. The van der Waals surface area contributed by atoms with Crippen molar-refractivity contribution >= 4 is 28.7 Å². The molecule has 2 aromatic rings. The van der Waals surface area contributed by atoms with Crippen molar-refractivity contribution in [3.05, 3.63) is 54.3 Å². The van der Waals surface area contributed by atoms with Gasteiger partial charge in [0.25, 0.3) is 0 Å². The number of para-hydroxylation sites is 2. The number of aromatic hydroxyl groups is 1. The van der Waals surface area contributed by atoms with Gasteiger partial charge in [-0.3, -0.25) is 0 Å². The van der Waals surface area contributed by atoms with E-state index in [-0.39, 0.29) is 5.82 Å². The van der Waals surface area contributed by atoms with Gasteiger partial charge >= 0.3 is 0 Å². The Bertz CT molecular complexity index is 684. The lowest BCUT2D eigenvalue weighted by molar-refractivity contribution is 0.387. The average molecular weight is 331 g/mol. The molecule has 0 aromatic heterocycles. The van der Waals surface area contributed by atoms with Gasteiger partial charge in [0.15, 0.2) is 5.11 Å². The Morgan fingerprint density at radius 3 is 2.30 bits per heavy atom. The Kier molecular flexibility index (Phi) is 4.62. The molecule has 1 saturated heterocycles. The average Bonchev–Trinajstić information content (AvgIpc) is 2.57. The normalized spacial score (nSPS) is 14.7. The molecule has 6 heteroatoms. The maximum atomic E-state index is 12.9. The van der Waals surface area contributed by atoms with Gasteiger partial charge in [-0.15, -0.1) is 0 Å². The Morgan fingerprint density at radius 1 is 1.00 bits per heavy atom. The van der Waals surface area contributed by atoms with Crippen LogP contribution in [0.5, 0.6) is 5.75 Å². The van der Waals surface area contributed by atoms with Crippen LogP contribution in [0.15, 0.2) is 48.5 Å². The first kappa shape index (κ1) is 15.6. The van der Waals surface area contributed by atoms with Crippen molar-refractivity contribution < 1.29 is 9.50 Å². The van der Waals surface area contributed by atoms with Crippen LogP contribution in [0, 0.1) is 5.82 Å². The number of nitrogens with one attached hydrogen (secondary N) is 1. The Morgan fingerprint density at radius 2 is 1.65 bits per heavy atom. The zero-order valence-corrected chi connectivity index (χ0v) is 13.4. The SMILES string of the molecule is Oc1ccccc1N1CCN(C(=S)Nc2ccc(F)cc2)CC1. The van der Waals surface area contributed by atoms with Crippen LogP contribution in [-0.2, 0) is 0 Å². The van der Waals surface area contributed by atoms with Crippen molar-refractivity contribution in [1.29, 1.82) is 0 Å². The van der Waals surface area contributed by atoms with E-state index >= 15 is 0 Å². The van der Waals surface area contributed by atoms with E-state index in [1.165, 1.54) is 12.1 Å². The molecule has 0 saturated carbocycles. The van der Waals surface area contributed by atoms with Crippen molar-refractivity contribution in [2.24, 2.45) is 0 Å². The summed E-state index contributed by atoms with van der Waals surface area (Å²) in [5.74, 6) is 0.0331. The van der Waals surface area contributed by atoms with E-state index in [9.17, 15) is 9.50 Å². The van der Waals surface area contributed by atoms with E-state index in [2.05, 4.69) is 15.1 Å². The molecule has 2 aromatic carbocycles. The quantitative estimate of drug-likeness (QED) is 0.828. The van der Waals surface area contributed by atoms with Gasteiger partial charge in [-0.05, 0) is 48.6 Å². The van der Waals surface area contributed by atoms with Gasteiger partial charge in [0.2, 0.25) is 0 Å².